The van der Waals surface area contributed by atoms with Crippen molar-refractivity contribution in [1.82, 2.24) is 0 Å². The maximum Gasteiger partial charge on any atom is 0.306 e. The van der Waals surface area contributed by atoms with Crippen LogP contribution in [-0.4, -0.2) is 37.2 Å². The van der Waals surface area contributed by atoms with Gasteiger partial charge in [-0.25, -0.2) is 0 Å². The van der Waals surface area contributed by atoms with Gasteiger partial charge in [0.25, 0.3) is 0 Å². The van der Waals surface area contributed by atoms with Crippen molar-refractivity contribution in [3.05, 3.63) is 97.2 Å². The first-order chi connectivity index (χ1) is 32.0. The highest BCUT2D eigenvalue weighted by molar-refractivity contribution is 5.71. The molecule has 65 heavy (non-hydrogen) atoms. The van der Waals surface area contributed by atoms with Gasteiger partial charge in [-0.3, -0.25) is 14.4 Å². The summed E-state index contributed by atoms with van der Waals surface area (Å²) in [7, 11) is 0. The van der Waals surface area contributed by atoms with Crippen LogP contribution in [-0.2, 0) is 28.6 Å². The Kier molecular flexibility index (Phi) is 50.0. The van der Waals surface area contributed by atoms with Gasteiger partial charge >= 0.3 is 17.9 Å². The van der Waals surface area contributed by atoms with Crippen LogP contribution in [0.15, 0.2) is 97.2 Å². The fourth-order valence-corrected chi connectivity index (χ4v) is 7.06. The predicted molar refractivity (Wildman–Crippen MR) is 279 cm³/mol. The van der Waals surface area contributed by atoms with Gasteiger partial charge in [0, 0.05) is 19.3 Å². The minimum absolute atomic E-state index is 0.0943. The number of unbranched alkanes of at least 4 members (excludes halogenated alkanes) is 20. The van der Waals surface area contributed by atoms with E-state index < -0.39 is 6.10 Å². The van der Waals surface area contributed by atoms with Gasteiger partial charge in [-0.1, -0.05) is 214 Å². The quantitative estimate of drug-likeness (QED) is 0.0262. The molecule has 0 aromatic rings. The van der Waals surface area contributed by atoms with Crippen LogP contribution in [0.5, 0.6) is 0 Å². The SMILES string of the molecule is CC/C=C\C/C=C\C/C=C\C/C=C\C/C=C\C/C=C\CCCCC(=O)OCC(COC(=O)CCCCCCCCCCC)OC(=O)CCCCCCCCC/C=C\C/C=C\CCCCC. The van der Waals surface area contributed by atoms with E-state index >= 15 is 0 Å². The molecule has 0 aliphatic carbocycles. The molecule has 0 spiro atoms. The summed E-state index contributed by atoms with van der Waals surface area (Å²) in [4.78, 5) is 37.9. The Morgan fingerprint density at radius 3 is 1.00 bits per heavy atom. The van der Waals surface area contributed by atoms with Gasteiger partial charge in [0.15, 0.2) is 6.10 Å². The number of hydrogen-bond acceptors (Lipinski definition) is 6. The summed E-state index contributed by atoms with van der Waals surface area (Å²) in [5.74, 6) is -0.952. The van der Waals surface area contributed by atoms with Gasteiger partial charge in [-0.2, -0.15) is 0 Å². The lowest BCUT2D eigenvalue weighted by atomic mass is 10.1. The van der Waals surface area contributed by atoms with Crippen molar-refractivity contribution < 1.29 is 28.6 Å². The van der Waals surface area contributed by atoms with E-state index in [1.807, 2.05) is 0 Å². The lowest BCUT2D eigenvalue weighted by Crippen LogP contribution is -2.30. The predicted octanol–water partition coefficient (Wildman–Crippen LogP) is 17.8. The van der Waals surface area contributed by atoms with Crippen molar-refractivity contribution in [2.24, 2.45) is 0 Å². The Balaban J connectivity index is 4.42. The van der Waals surface area contributed by atoms with E-state index in [1.54, 1.807) is 0 Å². The third kappa shape index (κ3) is 51.2. The van der Waals surface area contributed by atoms with Crippen LogP contribution < -0.4 is 0 Å². The zero-order chi connectivity index (χ0) is 47.2. The molecule has 1 unspecified atom stereocenters. The Morgan fingerprint density at radius 2 is 0.600 bits per heavy atom. The Morgan fingerprint density at radius 1 is 0.323 bits per heavy atom. The lowest BCUT2D eigenvalue weighted by Gasteiger charge is -2.18. The highest BCUT2D eigenvalue weighted by Gasteiger charge is 2.19. The zero-order valence-electron chi connectivity index (χ0n) is 42.2. The second kappa shape index (κ2) is 52.9. The van der Waals surface area contributed by atoms with Crippen LogP contribution in [0.25, 0.3) is 0 Å². The number of esters is 3. The van der Waals surface area contributed by atoms with Gasteiger partial charge in [-0.15, -0.1) is 0 Å². The number of ether oxygens (including phenoxy) is 3. The molecule has 0 radical (unpaired) electrons. The number of rotatable bonds is 47. The monoisotopic (exact) mass is 903 g/mol. The summed E-state index contributed by atoms with van der Waals surface area (Å²) < 4.78 is 16.7. The molecular weight excluding hydrogens is 805 g/mol. The molecule has 0 amide bonds. The van der Waals surface area contributed by atoms with Crippen molar-refractivity contribution >= 4 is 17.9 Å². The number of allylic oxidation sites excluding steroid dienone is 16. The third-order valence-electron chi connectivity index (χ3n) is 11.1. The highest BCUT2D eigenvalue weighted by atomic mass is 16.6. The van der Waals surface area contributed by atoms with E-state index in [2.05, 4.69) is 118 Å². The first-order valence-electron chi connectivity index (χ1n) is 26.7. The molecule has 0 fully saturated rings. The molecule has 0 saturated carbocycles. The molecule has 0 N–H and O–H groups in total. The summed E-state index contributed by atoms with van der Waals surface area (Å²) in [6, 6.07) is 0. The van der Waals surface area contributed by atoms with Gasteiger partial charge in [-0.05, 0) is 103 Å². The first kappa shape index (κ1) is 61.3. The zero-order valence-corrected chi connectivity index (χ0v) is 42.2. The van der Waals surface area contributed by atoms with Crippen LogP contribution in [0.4, 0.5) is 0 Å². The highest BCUT2D eigenvalue weighted by Crippen LogP contribution is 2.14. The first-order valence-corrected chi connectivity index (χ1v) is 26.7. The van der Waals surface area contributed by atoms with Crippen LogP contribution in [0.3, 0.4) is 0 Å². The van der Waals surface area contributed by atoms with Crippen molar-refractivity contribution in [2.45, 2.75) is 245 Å². The van der Waals surface area contributed by atoms with E-state index in [1.165, 1.54) is 89.9 Å². The smallest absolute Gasteiger partial charge is 0.306 e. The fourth-order valence-electron chi connectivity index (χ4n) is 7.06. The second-order valence-corrected chi connectivity index (χ2v) is 17.4. The lowest BCUT2D eigenvalue weighted by molar-refractivity contribution is -0.167. The molecule has 370 valence electrons. The minimum Gasteiger partial charge on any atom is -0.462 e. The Bertz CT molecular complexity index is 1310. The molecule has 6 heteroatoms. The minimum atomic E-state index is -0.798. The summed E-state index contributed by atoms with van der Waals surface area (Å²) in [6.45, 7) is 6.43. The molecule has 6 nitrogen and oxygen atoms in total. The molecular formula is C59H98O6. The summed E-state index contributed by atoms with van der Waals surface area (Å²) >= 11 is 0. The van der Waals surface area contributed by atoms with E-state index in [9.17, 15) is 14.4 Å². The summed E-state index contributed by atoms with van der Waals surface area (Å²) in [5.41, 5.74) is 0. The van der Waals surface area contributed by atoms with E-state index in [4.69, 9.17) is 14.2 Å². The van der Waals surface area contributed by atoms with E-state index in [0.29, 0.717) is 19.3 Å². The summed E-state index contributed by atoms with van der Waals surface area (Å²) in [6.07, 6.45) is 69.7. The third-order valence-corrected chi connectivity index (χ3v) is 11.1. The maximum absolute atomic E-state index is 12.8. The number of carbonyl (C=O) groups excluding carboxylic acids is 3. The van der Waals surface area contributed by atoms with Gasteiger partial charge in [0.05, 0.1) is 0 Å². The standard InChI is InChI=1S/C59H98O6/c1-4-7-10-13-16-19-21-23-25-27-28-29-30-32-33-35-37-40-43-46-49-52-58(61)64-55-56(54-63-57(60)51-48-45-42-39-18-15-12-9-6-3)65-59(62)53-50-47-44-41-38-36-34-31-26-24-22-20-17-14-11-8-5-2/h7,10,16-17,19-20,23-26,28-29,32-33,37,40,56H,4-6,8-9,11-15,18,21-22,27,30-31,34-36,38-39,41-55H2,1-3H3/b10-7-,19-16-,20-17-,25-23-,26-24-,29-28-,33-32-,40-37-. The molecule has 0 bridgehead atoms. The van der Waals surface area contributed by atoms with Crippen molar-refractivity contribution in [3.8, 4) is 0 Å². The van der Waals surface area contributed by atoms with E-state index in [-0.39, 0.29) is 31.1 Å². The molecule has 0 aliphatic rings. The Labute approximate surface area is 400 Å². The molecule has 0 aromatic heterocycles. The van der Waals surface area contributed by atoms with E-state index in [0.717, 1.165) is 109 Å². The van der Waals surface area contributed by atoms with Crippen molar-refractivity contribution in [3.63, 3.8) is 0 Å². The maximum atomic E-state index is 12.8. The van der Waals surface area contributed by atoms with Crippen LogP contribution in [0.1, 0.15) is 239 Å². The van der Waals surface area contributed by atoms with Gasteiger partial charge in [0.1, 0.15) is 13.2 Å². The molecule has 0 saturated heterocycles. The molecule has 0 aromatic carbocycles. The number of carbonyl (C=O) groups is 3. The molecule has 1 atom stereocenters. The van der Waals surface area contributed by atoms with Crippen LogP contribution in [0.2, 0.25) is 0 Å². The van der Waals surface area contributed by atoms with Gasteiger partial charge < -0.3 is 14.2 Å². The fraction of sp³-hybridized carbons (Fsp3) is 0.678. The van der Waals surface area contributed by atoms with Crippen LogP contribution in [0, 0.1) is 0 Å². The molecule has 0 rings (SSSR count). The second-order valence-electron chi connectivity index (χ2n) is 17.4. The van der Waals surface area contributed by atoms with Crippen molar-refractivity contribution in [2.75, 3.05) is 13.2 Å². The summed E-state index contributed by atoms with van der Waals surface area (Å²) in [5, 5.41) is 0. The van der Waals surface area contributed by atoms with Crippen molar-refractivity contribution in [1.29, 1.82) is 0 Å². The average molecular weight is 903 g/mol. The number of hydrogen-bond donors (Lipinski definition) is 0. The topological polar surface area (TPSA) is 78.9 Å². The Hall–Kier alpha value is -3.67. The molecule has 0 heterocycles. The van der Waals surface area contributed by atoms with Gasteiger partial charge in [0.2, 0.25) is 0 Å². The normalized spacial score (nSPS) is 12.8. The van der Waals surface area contributed by atoms with Crippen LogP contribution >= 0.6 is 0 Å². The average Bonchev–Trinajstić information content (AvgIpc) is 3.30. The molecule has 0 aliphatic heterocycles. The largest absolute Gasteiger partial charge is 0.462 e.